The maximum absolute atomic E-state index is 12.7. The van der Waals surface area contributed by atoms with Gasteiger partial charge in [-0.05, 0) is 97.8 Å². The number of benzene rings is 3. The van der Waals surface area contributed by atoms with E-state index in [0.29, 0.717) is 26.2 Å². The first-order chi connectivity index (χ1) is 23.5. The Hall–Kier alpha value is -5.20. The first-order valence-electron chi connectivity index (χ1n) is 16.2. The highest BCUT2D eigenvalue weighted by molar-refractivity contribution is 5.50. The largest absolute Gasteiger partial charge is 0.497 e. The van der Waals surface area contributed by atoms with E-state index in [9.17, 15) is 4.79 Å². The zero-order valence-corrected chi connectivity index (χ0v) is 27.4. The van der Waals surface area contributed by atoms with Gasteiger partial charge in [0.15, 0.2) is 5.79 Å². The Morgan fingerprint density at radius 2 is 1.62 bits per heavy atom. The predicted octanol–water partition coefficient (Wildman–Crippen LogP) is 5.22. The Balaban J connectivity index is 0.966. The van der Waals surface area contributed by atoms with Crippen molar-refractivity contribution in [2.24, 2.45) is 0 Å². The lowest BCUT2D eigenvalue weighted by molar-refractivity contribution is -0.178. The zero-order chi connectivity index (χ0) is 33.3. The average molecular weight is 652 g/mol. The molecule has 2 aromatic heterocycles. The molecular weight excluding hydrogens is 610 g/mol. The van der Waals surface area contributed by atoms with Crippen molar-refractivity contribution in [3.63, 3.8) is 0 Å². The Kier molecular flexibility index (Phi) is 10.3. The summed E-state index contributed by atoms with van der Waals surface area (Å²) in [5.74, 6) is 0.541. The van der Waals surface area contributed by atoms with Gasteiger partial charge in [-0.2, -0.15) is 15.3 Å². The molecule has 1 unspecified atom stereocenters. The standard InChI is InChI=1S/C36H41N7O5/c1-4-26(2)43-35(44)42(25-41-43)31-11-7-29(8-12-31)37-19-20-38-30-9-15-33(16-10-30)46-23-34-24-47-36(48-34,21-27-17-18-39-40-22-27)28-5-13-32(45-3)14-6-28/h5-18,22,25-26,34,37-38H,4,19-21,23-24H2,1-3H3/t26?,34-,36+/m1/s1. The van der Waals surface area contributed by atoms with Crippen LogP contribution in [0.3, 0.4) is 0 Å². The molecular formula is C36H41N7O5. The molecule has 250 valence electrons. The lowest BCUT2D eigenvalue weighted by atomic mass is 9.98. The highest BCUT2D eigenvalue weighted by atomic mass is 16.8. The molecule has 0 amide bonds. The third-order valence-electron chi connectivity index (χ3n) is 8.39. The van der Waals surface area contributed by atoms with Crippen LogP contribution >= 0.6 is 0 Å². The van der Waals surface area contributed by atoms with E-state index < -0.39 is 5.79 Å². The van der Waals surface area contributed by atoms with Crippen LogP contribution in [0.4, 0.5) is 11.4 Å². The topological polar surface area (TPSA) is 127 Å². The number of aromatic nitrogens is 5. The summed E-state index contributed by atoms with van der Waals surface area (Å²) in [6, 6.07) is 25.3. The van der Waals surface area contributed by atoms with Crippen LogP contribution in [-0.4, -0.2) is 64.1 Å². The van der Waals surface area contributed by atoms with Gasteiger partial charge >= 0.3 is 5.69 Å². The van der Waals surface area contributed by atoms with Gasteiger partial charge in [0.2, 0.25) is 0 Å². The van der Waals surface area contributed by atoms with Gasteiger partial charge in [-0.3, -0.25) is 0 Å². The Bertz CT molecular complexity index is 1790. The summed E-state index contributed by atoms with van der Waals surface area (Å²) in [4.78, 5) is 12.7. The summed E-state index contributed by atoms with van der Waals surface area (Å²) in [5.41, 5.74) is 4.46. The minimum atomic E-state index is -0.968. The molecule has 1 aliphatic heterocycles. The second-order valence-electron chi connectivity index (χ2n) is 11.7. The first-order valence-corrected chi connectivity index (χ1v) is 16.2. The third-order valence-corrected chi connectivity index (χ3v) is 8.39. The van der Waals surface area contributed by atoms with Crippen LogP contribution in [0.2, 0.25) is 0 Å². The van der Waals surface area contributed by atoms with Gasteiger partial charge in [-0.15, -0.1) is 0 Å². The maximum Gasteiger partial charge on any atom is 0.350 e. The number of hydrogen-bond acceptors (Lipinski definition) is 10. The van der Waals surface area contributed by atoms with Crippen molar-refractivity contribution in [3.8, 4) is 17.2 Å². The fourth-order valence-electron chi connectivity index (χ4n) is 5.51. The van der Waals surface area contributed by atoms with Crippen molar-refractivity contribution in [2.45, 2.75) is 44.6 Å². The molecule has 0 radical (unpaired) electrons. The number of ether oxygens (including phenoxy) is 4. The summed E-state index contributed by atoms with van der Waals surface area (Å²) in [6.07, 6.45) is 6.03. The summed E-state index contributed by atoms with van der Waals surface area (Å²) < 4.78 is 27.4. The van der Waals surface area contributed by atoms with Crippen LogP contribution in [-0.2, 0) is 21.7 Å². The minimum Gasteiger partial charge on any atom is -0.497 e. The predicted molar refractivity (Wildman–Crippen MR) is 183 cm³/mol. The van der Waals surface area contributed by atoms with Gasteiger partial charge in [-0.25, -0.2) is 14.0 Å². The lowest BCUT2D eigenvalue weighted by Gasteiger charge is -2.29. The van der Waals surface area contributed by atoms with Gasteiger partial charge in [0.1, 0.15) is 30.5 Å². The van der Waals surface area contributed by atoms with Crippen LogP contribution in [0, 0.1) is 0 Å². The van der Waals surface area contributed by atoms with Crippen molar-refractivity contribution in [3.05, 3.63) is 119 Å². The van der Waals surface area contributed by atoms with Crippen LogP contribution in [0.5, 0.6) is 11.5 Å². The quantitative estimate of drug-likeness (QED) is 0.146. The van der Waals surface area contributed by atoms with Gasteiger partial charge < -0.3 is 29.6 Å². The van der Waals surface area contributed by atoms with Gasteiger partial charge in [0.05, 0.1) is 31.6 Å². The molecule has 2 N–H and O–H groups in total. The number of methoxy groups -OCH3 is 1. The smallest absolute Gasteiger partial charge is 0.350 e. The first kappa shape index (κ1) is 32.7. The van der Waals surface area contributed by atoms with Crippen molar-refractivity contribution in [1.82, 2.24) is 24.5 Å². The maximum atomic E-state index is 12.7. The molecule has 1 saturated heterocycles. The van der Waals surface area contributed by atoms with E-state index in [2.05, 4.69) is 25.9 Å². The second-order valence-corrected chi connectivity index (χ2v) is 11.7. The molecule has 3 atom stereocenters. The van der Waals surface area contributed by atoms with E-state index in [1.165, 1.54) is 4.68 Å². The number of hydrogen-bond donors (Lipinski definition) is 2. The highest BCUT2D eigenvalue weighted by Crippen LogP contribution is 2.38. The summed E-state index contributed by atoms with van der Waals surface area (Å²) >= 11 is 0. The Morgan fingerprint density at radius 3 is 2.27 bits per heavy atom. The van der Waals surface area contributed by atoms with Crippen molar-refractivity contribution >= 4 is 11.4 Å². The SMILES string of the molecule is CCC(C)n1ncn(-c2ccc(NCCNc3ccc(OC[C@@H]4CO[C@](Cc5ccnnc5)(c5ccc(OC)cc5)O4)cc3)cc2)c1=O. The molecule has 0 saturated carbocycles. The Morgan fingerprint density at radius 1 is 0.938 bits per heavy atom. The molecule has 1 fully saturated rings. The van der Waals surface area contributed by atoms with Gasteiger partial charge in [0, 0.05) is 42.6 Å². The fraction of sp³-hybridized carbons (Fsp3) is 0.333. The molecule has 12 heteroatoms. The van der Waals surface area contributed by atoms with Crippen LogP contribution in [0.15, 0.2) is 102 Å². The highest BCUT2D eigenvalue weighted by Gasteiger charge is 2.43. The van der Waals surface area contributed by atoms with E-state index in [-0.39, 0.29) is 17.8 Å². The monoisotopic (exact) mass is 651 g/mol. The van der Waals surface area contributed by atoms with Crippen LogP contribution < -0.4 is 25.8 Å². The molecule has 12 nitrogen and oxygen atoms in total. The van der Waals surface area contributed by atoms with Gasteiger partial charge in [-0.1, -0.05) is 6.92 Å². The van der Waals surface area contributed by atoms with Crippen molar-refractivity contribution in [1.29, 1.82) is 0 Å². The molecule has 3 aromatic carbocycles. The van der Waals surface area contributed by atoms with E-state index >= 15 is 0 Å². The second kappa shape index (κ2) is 15.1. The molecule has 0 aliphatic carbocycles. The molecule has 3 heterocycles. The average Bonchev–Trinajstić information content (AvgIpc) is 3.73. The number of rotatable bonds is 15. The fourth-order valence-corrected chi connectivity index (χ4v) is 5.51. The van der Waals surface area contributed by atoms with E-state index in [4.69, 9.17) is 18.9 Å². The van der Waals surface area contributed by atoms with E-state index in [0.717, 1.165) is 52.7 Å². The molecule has 48 heavy (non-hydrogen) atoms. The number of nitrogens with one attached hydrogen (secondary N) is 2. The molecule has 0 spiro atoms. The van der Waals surface area contributed by atoms with Crippen LogP contribution in [0.25, 0.3) is 5.69 Å². The summed E-state index contributed by atoms with van der Waals surface area (Å²) in [5, 5.41) is 19.0. The normalized spacial score (nSPS) is 17.9. The van der Waals surface area contributed by atoms with Crippen molar-refractivity contribution in [2.75, 3.05) is 44.0 Å². The molecule has 0 bridgehead atoms. The third kappa shape index (κ3) is 7.67. The molecule has 6 rings (SSSR count). The van der Waals surface area contributed by atoms with Crippen molar-refractivity contribution < 1.29 is 18.9 Å². The van der Waals surface area contributed by atoms with Gasteiger partial charge in [0.25, 0.3) is 0 Å². The summed E-state index contributed by atoms with van der Waals surface area (Å²) in [6.45, 7) is 6.20. The van der Waals surface area contributed by atoms with Crippen LogP contribution in [0.1, 0.15) is 37.4 Å². The number of anilines is 2. The van der Waals surface area contributed by atoms with E-state index in [1.54, 1.807) is 30.4 Å². The summed E-state index contributed by atoms with van der Waals surface area (Å²) in [7, 11) is 1.64. The lowest BCUT2D eigenvalue weighted by Crippen LogP contribution is -2.32. The minimum absolute atomic E-state index is 0.0620. The van der Waals surface area contributed by atoms with E-state index in [1.807, 2.05) is 92.7 Å². The Labute approximate surface area is 279 Å². The zero-order valence-electron chi connectivity index (χ0n) is 27.4. The number of nitrogens with zero attached hydrogens (tertiary/aromatic N) is 5. The molecule has 5 aromatic rings. The molecule has 1 aliphatic rings.